The molecule has 0 aliphatic carbocycles. The van der Waals surface area contributed by atoms with Gasteiger partial charge >= 0.3 is 0 Å². The second-order valence-electron chi connectivity index (χ2n) is 5.11. The van der Waals surface area contributed by atoms with Gasteiger partial charge in [0.05, 0.1) is 0 Å². The van der Waals surface area contributed by atoms with E-state index in [-0.39, 0.29) is 17.6 Å². The van der Waals surface area contributed by atoms with Crippen molar-refractivity contribution < 1.29 is 0 Å². The zero-order valence-corrected chi connectivity index (χ0v) is 12.7. The summed E-state index contributed by atoms with van der Waals surface area (Å²) in [6, 6.07) is 0.345. The average molecular weight is 266 g/mol. The van der Waals surface area contributed by atoms with Gasteiger partial charge in [0, 0.05) is 31.0 Å². The van der Waals surface area contributed by atoms with Crippen LogP contribution < -0.4 is 10.9 Å². The molecular formula is C14H26N4O. The van der Waals surface area contributed by atoms with Crippen LogP contribution in [-0.4, -0.2) is 40.1 Å². The van der Waals surface area contributed by atoms with Crippen molar-refractivity contribution in [2.24, 2.45) is 0 Å². The fourth-order valence-electron chi connectivity index (χ4n) is 2.08. The molecule has 0 saturated heterocycles. The van der Waals surface area contributed by atoms with Gasteiger partial charge in [0.2, 0.25) is 0 Å². The Morgan fingerprint density at radius 2 is 1.95 bits per heavy atom. The lowest BCUT2D eigenvalue weighted by molar-refractivity contribution is 0.294. The van der Waals surface area contributed by atoms with E-state index >= 15 is 0 Å². The molecule has 108 valence electrons. The quantitative estimate of drug-likeness (QED) is 0.819. The Balaban J connectivity index is 2.77. The number of rotatable bonds is 7. The van der Waals surface area contributed by atoms with E-state index in [1.807, 2.05) is 13.8 Å². The predicted molar refractivity (Wildman–Crippen MR) is 79.8 cm³/mol. The fraction of sp³-hybridized carbons (Fsp3) is 0.714. The van der Waals surface area contributed by atoms with Crippen molar-refractivity contribution in [2.75, 3.05) is 25.0 Å². The van der Waals surface area contributed by atoms with Gasteiger partial charge in [-0.25, -0.2) is 4.98 Å². The van der Waals surface area contributed by atoms with Crippen LogP contribution >= 0.6 is 0 Å². The molecule has 0 radical (unpaired) electrons. The van der Waals surface area contributed by atoms with Gasteiger partial charge in [-0.2, -0.15) is 0 Å². The summed E-state index contributed by atoms with van der Waals surface area (Å²) >= 11 is 0. The summed E-state index contributed by atoms with van der Waals surface area (Å²) in [7, 11) is 0. The molecular weight excluding hydrogens is 240 g/mol. The maximum atomic E-state index is 12.2. The largest absolute Gasteiger partial charge is 0.362 e. The maximum absolute atomic E-state index is 12.2. The highest BCUT2D eigenvalue weighted by molar-refractivity contribution is 5.32. The Bertz CT molecular complexity index is 437. The summed E-state index contributed by atoms with van der Waals surface area (Å²) in [6.07, 6.45) is 3.40. The van der Waals surface area contributed by atoms with E-state index in [0.29, 0.717) is 5.82 Å². The number of aromatic nitrogens is 2. The fourth-order valence-corrected chi connectivity index (χ4v) is 2.08. The summed E-state index contributed by atoms with van der Waals surface area (Å²) in [4.78, 5) is 18.7. The Kier molecular flexibility index (Phi) is 6.02. The lowest BCUT2D eigenvalue weighted by atomic mass is 10.3. The van der Waals surface area contributed by atoms with Gasteiger partial charge in [0.25, 0.3) is 5.56 Å². The minimum Gasteiger partial charge on any atom is -0.362 e. The van der Waals surface area contributed by atoms with Crippen molar-refractivity contribution in [3.05, 3.63) is 22.7 Å². The van der Waals surface area contributed by atoms with E-state index in [1.54, 1.807) is 17.0 Å². The third kappa shape index (κ3) is 4.35. The second kappa shape index (κ2) is 7.28. The van der Waals surface area contributed by atoms with Crippen LogP contribution in [0.15, 0.2) is 17.2 Å². The van der Waals surface area contributed by atoms with Crippen molar-refractivity contribution in [3.8, 4) is 0 Å². The predicted octanol–water partition coefficient (Wildman–Crippen LogP) is 1.97. The topological polar surface area (TPSA) is 50.2 Å². The van der Waals surface area contributed by atoms with E-state index in [2.05, 4.69) is 36.0 Å². The zero-order valence-electron chi connectivity index (χ0n) is 12.7. The van der Waals surface area contributed by atoms with Gasteiger partial charge in [-0.1, -0.05) is 13.8 Å². The normalized spacial score (nSPS) is 13.0. The third-order valence-corrected chi connectivity index (χ3v) is 3.23. The number of hydrogen-bond donors (Lipinski definition) is 1. The first-order valence-corrected chi connectivity index (χ1v) is 7.05. The summed E-state index contributed by atoms with van der Waals surface area (Å²) in [6.45, 7) is 13.3. The first-order valence-electron chi connectivity index (χ1n) is 7.05. The first kappa shape index (κ1) is 15.7. The van der Waals surface area contributed by atoms with Crippen LogP contribution in [0.2, 0.25) is 0 Å². The molecule has 1 aromatic rings. The molecule has 19 heavy (non-hydrogen) atoms. The highest BCUT2D eigenvalue weighted by Gasteiger charge is 2.11. The number of likely N-dealkylation sites (N-methyl/N-ethyl adjacent to an activating group) is 1. The molecule has 1 atom stereocenters. The van der Waals surface area contributed by atoms with Crippen LogP contribution in [-0.2, 0) is 0 Å². The smallest absolute Gasteiger partial charge is 0.293 e. The van der Waals surface area contributed by atoms with E-state index in [1.165, 1.54) is 0 Å². The minimum absolute atomic E-state index is 0.0519. The monoisotopic (exact) mass is 266 g/mol. The van der Waals surface area contributed by atoms with Crippen LogP contribution in [0, 0.1) is 0 Å². The summed E-state index contributed by atoms with van der Waals surface area (Å²) in [5, 5.41) is 3.22. The molecule has 0 aromatic carbocycles. The number of hydrogen-bond acceptors (Lipinski definition) is 4. The Morgan fingerprint density at radius 1 is 1.32 bits per heavy atom. The van der Waals surface area contributed by atoms with Crippen LogP contribution in [0.5, 0.6) is 0 Å². The summed E-state index contributed by atoms with van der Waals surface area (Å²) in [5.74, 6) is 0.441. The second-order valence-corrected chi connectivity index (χ2v) is 5.11. The lowest BCUT2D eigenvalue weighted by Gasteiger charge is -2.23. The van der Waals surface area contributed by atoms with Crippen molar-refractivity contribution >= 4 is 5.82 Å². The Hall–Kier alpha value is -1.36. The molecule has 1 heterocycles. The van der Waals surface area contributed by atoms with Crippen molar-refractivity contribution in [1.82, 2.24) is 14.5 Å². The number of nitrogens with zero attached hydrogens (tertiary/aromatic N) is 3. The molecule has 1 unspecified atom stereocenters. The Labute approximate surface area is 115 Å². The van der Waals surface area contributed by atoms with Crippen molar-refractivity contribution in [1.29, 1.82) is 0 Å². The molecule has 1 aromatic heterocycles. The van der Waals surface area contributed by atoms with Crippen molar-refractivity contribution in [3.63, 3.8) is 0 Å². The maximum Gasteiger partial charge on any atom is 0.293 e. The van der Waals surface area contributed by atoms with Gasteiger partial charge in [-0.3, -0.25) is 4.79 Å². The van der Waals surface area contributed by atoms with Crippen LogP contribution in [0.3, 0.4) is 0 Å². The molecule has 0 saturated carbocycles. The van der Waals surface area contributed by atoms with Crippen LogP contribution in [0.25, 0.3) is 0 Å². The molecule has 0 spiro atoms. The number of anilines is 1. The first-order chi connectivity index (χ1) is 8.99. The van der Waals surface area contributed by atoms with E-state index in [0.717, 1.165) is 19.6 Å². The highest BCUT2D eigenvalue weighted by Crippen LogP contribution is 2.03. The molecule has 5 nitrogen and oxygen atoms in total. The van der Waals surface area contributed by atoms with Crippen LogP contribution in [0.1, 0.15) is 40.7 Å². The molecule has 1 N–H and O–H groups in total. The molecule has 0 aliphatic heterocycles. The lowest BCUT2D eigenvalue weighted by Crippen LogP contribution is -2.37. The average Bonchev–Trinajstić information content (AvgIpc) is 2.38. The standard InChI is InChI=1S/C14H26N4O/c1-6-17(7-2)10-12(5)16-13-14(19)18(11(3)4)9-8-15-13/h8-9,11-12H,6-7,10H2,1-5H3,(H,15,16). The molecule has 0 aliphatic rings. The van der Waals surface area contributed by atoms with Gasteiger partial charge in [-0.15, -0.1) is 0 Å². The van der Waals surface area contributed by atoms with Gasteiger partial charge in [-0.05, 0) is 33.9 Å². The van der Waals surface area contributed by atoms with Crippen LogP contribution in [0.4, 0.5) is 5.82 Å². The highest BCUT2D eigenvalue weighted by atomic mass is 16.1. The van der Waals surface area contributed by atoms with Crippen molar-refractivity contribution in [2.45, 2.75) is 46.7 Å². The molecule has 0 bridgehead atoms. The van der Waals surface area contributed by atoms with E-state index < -0.39 is 0 Å². The third-order valence-electron chi connectivity index (χ3n) is 3.23. The molecule has 5 heteroatoms. The zero-order chi connectivity index (χ0) is 14.4. The molecule has 0 fully saturated rings. The Morgan fingerprint density at radius 3 is 2.47 bits per heavy atom. The van der Waals surface area contributed by atoms with Gasteiger partial charge < -0.3 is 14.8 Å². The van der Waals surface area contributed by atoms with Gasteiger partial charge in [0.15, 0.2) is 5.82 Å². The molecule has 0 amide bonds. The summed E-state index contributed by atoms with van der Waals surface area (Å²) in [5.41, 5.74) is -0.0519. The summed E-state index contributed by atoms with van der Waals surface area (Å²) < 4.78 is 1.69. The van der Waals surface area contributed by atoms with E-state index in [9.17, 15) is 4.79 Å². The molecule has 1 rings (SSSR count). The minimum atomic E-state index is -0.0519. The number of nitrogens with one attached hydrogen (secondary N) is 1. The van der Waals surface area contributed by atoms with E-state index in [4.69, 9.17) is 0 Å². The SMILES string of the molecule is CCN(CC)CC(C)Nc1nccn(C(C)C)c1=O. The van der Waals surface area contributed by atoms with Gasteiger partial charge in [0.1, 0.15) is 0 Å².